The maximum absolute atomic E-state index is 6.09. The lowest BCUT2D eigenvalue weighted by Gasteiger charge is -2.18. The topological polar surface area (TPSA) is 24.9 Å². The Balaban J connectivity index is 2.83. The summed E-state index contributed by atoms with van der Waals surface area (Å²) in [5, 5.41) is 3.96. The SMILES string of the molecule is C=C(CC)CC(NC)c1ccncc1Cl. The number of hydrogen-bond donors (Lipinski definition) is 1. The first-order valence-corrected chi connectivity index (χ1v) is 5.50. The molecule has 1 unspecified atom stereocenters. The molecular formula is C12H17ClN2. The summed E-state index contributed by atoms with van der Waals surface area (Å²) in [7, 11) is 1.93. The van der Waals surface area contributed by atoms with Crippen LogP contribution in [0.15, 0.2) is 30.6 Å². The van der Waals surface area contributed by atoms with E-state index in [1.54, 1.807) is 12.4 Å². The normalized spacial score (nSPS) is 12.5. The van der Waals surface area contributed by atoms with Crippen molar-refractivity contribution < 1.29 is 0 Å². The Labute approximate surface area is 96.4 Å². The van der Waals surface area contributed by atoms with Crippen molar-refractivity contribution in [1.29, 1.82) is 0 Å². The van der Waals surface area contributed by atoms with Gasteiger partial charge in [0.2, 0.25) is 0 Å². The van der Waals surface area contributed by atoms with E-state index >= 15 is 0 Å². The molecular weight excluding hydrogens is 208 g/mol. The summed E-state index contributed by atoms with van der Waals surface area (Å²) in [4.78, 5) is 3.98. The van der Waals surface area contributed by atoms with Crippen molar-refractivity contribution in [3.05, 3.63) is 41.2 Å². The largest absolute Gasteiger partial charge is 0.313 e. The molecule has 0 bridgehead atoms. The van der Waals surface area contributed by atoms with Crippen molar-refractivity contribution in [2.75, 3.05) is 7.05 Å². The molecule has 82 valence electrons. The second-order valence-corrected chi connectivity index (χ2v) is 3.95. The summed E-state index contributed by atoms with van der Waals surface area (Å²) in [5.41, 5.74) is 2.31. The van der Waals surface area contributed by atoms with Crippen LogP contribution in [-0.4, -0.2) is 12.0 Å². The Hall–Kier alpha value is -0.860. The summed E-state index contributed by atoms with van der Waals surface area (Å²) in [6.07, 6.45) is 5.35. The fourth-order valence-corrected chi connectivity index (χ4v) is 1.72. The molecule has 0 fully saturated rings. The molecule has 0 radical (unpaired) electrons. The fourth-order valence-electron chi connectivity index (χ4n) is 1.47. The third kappa shape index (κ3) is 3.33. The van der Waals surface area contributed by atoms with Crippen LogP contribution in [0.3, 0.4) is 0 Å². The van der Waals surface area contributed by atoms with Gasteiger partial charge in [0.05, 0.1) is 5.02 Å². The Morgan fingerprint density at radius 3 is 2.93 bits per heavy atom. The van der Waals surface area contributed by atoms with Gasteiger partial charge in [-0.1, -0.05) is 30.7 Å². The van der Waals surface area contributed by atoms with Crippen LogP contribution in [0.2, 0.25) is 5.02 Å². The molecule has 2 nitrogen and oxygen atoms in total. The van der Waals surface area contributed by atoms with E-state index in [0.717, 1.165) is 18.4 Å². The van der Waals surface area contributed by atoms with E-state index in [2.05, 4.69) is 23.8 Å². The lowest BCUT2D eigenvalue weighted by molar-refractivity contribution is 0.582. The zero-order valence-electron chi connectivity index (χ0n) is 9.26. The molecule has 15 heavy (non-hydrogen) atoms. The summed E-state index contributed by atoms with van der Waals surface area (Å²) in [5.74, 6) is 0. The average Bonchev–Trinajstić information content (AvgIpc) is 2.26. The van der Waals surface area contributed by atoms with Crippen molar-refractivity contribution in [2.45, 2.75) is 25.8 Å². The van der Waals surface area contributed by atoms with Gasteiger partial charge in [-0.25, -0.2) is 0 Å². The third-order valence-electron chi connectivity index (χ3n) is 2.52. The molecule has 1 N–H and O–H groups in total. The fraction of sp³-hybridized carbons (Fsp3) is 0.417. The zero-order chi connectivity index (χ0) is 11.3. The molecule has 0 saturated heterocycles. The maximum Gasteiger partial charge on any atom is 0.0637 e. The predicted molar refractivity (Wildman–Crippen MR) is 65.1 cm³/mol. The van der Waals surface area contributed by atoms with Gasteiger partial charge in [0.15, 0.2) is 0 Å². The van der Waals surface area contributed by atoms with Crippen LogP contribution in [-0.2, 0) is 0 Å². The lowest BCUT2D eigenvalue weighted by Crippen LogP contribution is -2.17. The van der Waals surface area contributed by atoms with E-state index in [-0.39, 0.29) is 6.04 Å². The Morgan fingerprint density at radius 2 is 2.40 bits per heavy atom. The zero-order valence-corrected chi connectivity index (χ0v) is 10.0. The maximum atomic E-state index is 6.09. The van der Waals surface area contributed by atoms with Crippen LogP contribution in [0.5, 0.6) is 0 Å². The minimum Gasteiger partial charge on any atom is -0.313 e. The number of pyridine rings is 1. The summed E-state index contributed by atoms with van der Waals surface area (Å²) in [6.45, 7) is 6.13. The number of aromatic nitrogens is 1. The molecule has 0 aliphatic carbocycles. The van der Waals surface area contributed by atoms with Gasteiger partial charge in [-0.3, -0.25) is 4.98 Å². The standard InChI is InChI=1S/C12H17ClN2/c1-4-9(2)7-12(14-3)10-5-6-15-8-11(10)13/h5-6,8,12,14H,2,4,7H2,1,3H3. The van der Waals surface area contributed by atoms with E-state index in [1.807, 2.05) is 13.1 Å². The highest BCUT2D eigenvalue weighted by atomic mass is 35.5. The molecule has 1 aromatic rings. The van der Waals surface area contributed by atoms with E-state index in [1.165, 1.54) is 5.57 Å². The first kappa shape index (κ1) is 12.2. The lowest BCUT2D eigenvalue weighted by atomic mass is 9.99. The van der Waals surface area contributed by atoms with E-state index in [0.29, 0.717) is 5.02 Å². The van der Waals surface area contributed by atoms with Crippen LogP contribution in [0.25, 0.3) is 0 Å². The average molecular weight is 225 g/mol. The Bertz CT molecular complexity index is 336. The van der Waals surface area contributed by atoms with Gasteiger partial charge in [-0.05, 0) is 31.5 Å². The van der Waals surface area contributed by atoms with Gasteiger partial charge >= 0.3 is 0 Å². The Morgan fingerprint density at radius 1 is 1.67 bits per heavy atom. The van der Waals surface area contributed by atoms with Crippen LogP contribution >= 0.6 is 11.6 Å². The van der Waals surface area contributed by atoms with E-state index < -0.39 is 0 Å². The predicted octanol–water partition coefficient (Wildman–Crippen LogP) is 3.35. The second kappa shape index (κ2) is 5.89. The molecule has 3 heteroatoms. The van der Waals surface area contributed by atoms with E-state index in [9.17, 15) is 0 Å². The highest BCUT2D eigenvalue weighted by Crippen LogP contribution is 2.26. The highest BCUT2D eigenvalue weighted by molar-refractivity contribution is 6.31. The smallest absolute Gasteiger partial charge is 0.0637 e. The first-order chi connectivity index (χ1) is 7.19. The van der Waals surface area contributed by atoms with Gasteiger partial charge in [-0.15, -0.1) is 0 Å². The number of rotatable bonds is 5. The molecule has 1 atom stereocenters. The summed E-state index contributed by atoms with van der Waals surface area (Å²) >= 11 is 6.09. The van der Waals surface area contributed by atoms with Crippen LogP contribution in [0.4, 0.5) is 0 Å². The van der Waals surface area contributed by atoms with Gasteiger partial charge in [0.25, 0.3) is 0 Å². The number of hydrogen-bond acceptors (Lipinski definition) is 2. The second-order valence-electron chi connectivity index (χ2n) is 3.55. The van der Waals surface area contributed by atoms with Gasteiger partial charge in [0, 0.05) is 18.4 Å². The van der Waals surface area contributed by atoms with E-state index in [4.69, 9.17) is 11.6 Å². The quantitative estimate of drug-likeness (QED) is 0.776. The highest BCUT2D eigenvalue weighted by Gasteiger charge is 2.13. The molecule has 1 heterocycles. The summed E-state index contributed by atoms with van der Waals surface area (Å²) < 4.78 is 0. The van der Waals surface area contributed by atoms with Crippen LogP contribution in [0, 0.1) is 0 Å². The molecule has 0 aliphatic heterocycles. The molecule has 1 aromatic heterocycles. The molecule has 1 rings (SSSR count). The first-order valence-electron chi connectivity index (χ1n) is 5.12. The molecule has 0 aromatic carbocycles. The van der Waals surface area contributed by atoms with Crippen molar-refractivity contribution in [2.24, 2.45) is 0 Å². The third-order valence-corrected chi connectivity index (χ3v) is 2.84. The Kier molecular flexibility index (Phi) is 4.79. The van der Waals surface area contributed by atoms with Crippen molar-refractivity contribution in [3.8, 4) is 0 Å². The van der Waals surface area contributed by atoms with Gasteiger partial charge in [0.1, 0.15) is 0 Å². The molecule has 0 amide bonds. The molecule has 0 aliphatic rings. The van der Waals surface area contributed by atoms with Gasteiger partial charge < -0.3 is 5.32 Å². The van der Waals surface area contributed by atoms with Crippen LogP contribution < -0.4 is 5.32 Å². The van der Waals surface area contributed by atoms with Crippen molar-refractivity contribution >= 4 is 11.6 Å². The number of nitrogens with one attached hydrogen (secondary N) is 1. The minimum absolute atomic E-state index is 0.230. The summed E-state index contributed by atoms with van der Waals surface area (Å²) in [6, 6.07) is 2.18. The number of nitrogens with zero attached hydrogens (tertiary/aromatic N) is 1. The van der Waals surface area contributed by atoms with Crippen LogP contribution in [0.1, 0.15) is 31.4 Å². The monoisotopic (exact) mass is 224 g/mol. The van der Waals surface area contributed by atoms with Crippen molar-refractivity contribution in [3.63, 3.8) is 0 Å². The molecule has 0 spiro atoms. The molecule has 0 saturated carbocycles. The minimum atomic E-state index is 0.230. The number of halogens is 1. The van der Waals surface area contributed by atoms with Gasteiger partial charge in [-0.2, -0.15) is 0 Å². The van der Waals surface area contributed by atoms with Crippen molar-refractivity contribution in [1.82, 2.24) is 10.3 Å².